The highest BCUT2D eigenvalue weighted by Crippen LogP contribution is 2.70. The maximum absolute atomic E-state index is 12.3. The smallest absolute Gasteiger partial charge is 0.253 e. The van der Waals surface area contributed by atoms with Gasteiger partial charge in [0.15, 0.2) is 5.82 Å². The summed E-state index contributed by atoms with van der Waals surface area (Å²) < 4.78 is 5.15. The van der Waals surface area contributed by atoms with Crippen LogP contribution in [0.25, 0.3) is 0 Å². The molecular formula is C22H27N5O2. The maximum Gasteiger partial charge on any atom is 0.253 e. The van der Waals surface area contributed by atoms with Gasteiger partial charge in [-0.05, 0) is 54.6 Å². The molecule has 2 saturated carbocycles. The summed E-state index contributed by atoms with van der Waals surface area (Å²) in [6.07, 6.45) is 10.6. The minimum absolute atomic E-state index is 0.168. The molecule has 29 heavy (non-hydrogen) atoms. The molecule has 2 aromatic heterocycles. The molecule has 152 valence electrons. The van der Waals surface area contributed by atoms with Crippen LogP contribution in [-0.2, 0) is 6.54 Å². The number of amides is 1. The Morgan fingerprint density at radius 2 is 2.17 bits per heavy atom. The molecule has 0 aromatic carbocycles. The van der Waals surface area contributed by atoms with Gasteiger partial charge in [-0.1, -0.05) is 31.2 Å². The van der Waals surface area contributed by atoms with Gasteiger partial charge in [-0.2, -0.15) is 4.98 Å². The van der Waals surface area contributed by atoms with Crippen molar-refractivity contribution in [3.8, 4) is 0 Å². The average molecular weight is 393 g/mol. The Kier molecular flexibility index (Phi) is 4.41. The molecule has 2 aromatic rings. The molecular weight excluding hydrogens is 366 g/mol. The number of nitrogens with one attached hydrogen (secondary N) is 2. The van der Waals surface area contributed by atoms with Crippen LogP contribution in [0.3, 0.4) is 0 Å². The Bertz CT molecular complexity index is 929. The van der Waals surface area contributed by atoms with Gasteiger partial charge in [-0.3, -0.25) is 4.79 Å². The zero-order valence-corrected chi connectivity index (χ0v) is 16.9. The van der Waals surface area contributed by atoms with Gasteiger partial charge < -0.3 is 15.2 Å². The van der Waals surface area contributed by atoms with Crippen LogP contribution in [0.15, 0.2) is 35.0 Å². The fourth-order valence-electron chi connectivity index (χ4n) is 5.06. The molecule has 2 N–H and O–H groups in total. The fourth-order valence-corrected chi connectivity index (χ4v) is 5.06. The Balaban J connectivity index is 1.12. The third-order valence-electron chi connectivity index (χ3n) is 6.80. The second-order valence-electron chi connectivity index (χ2n) is 8.95. The van der Waals surface area contributed by atoms with Crippen molar-refractivity contribution in [2.75, 3.05) is 11.9 Å². The van der Waals surface area contributed by atoms with Crippen LogP contribution in [0.2, 0.25) is 0 Å². The molecule has 3 aliphatic carbocycles. The number of rotatable bonds is 7. The Morgan fingerprint density at radius 3 is 2.83 bits per heavy atom. The van der Waals surface area contributed by atoms with Gasteiger partial charge >= 0.3 is 0 Å². The summed E-state index contributed by atoms with van der Waals surface area (Å²) in [5, 5.41) is 10.1. The summed E-state index contributed by atoms with van der Waals surface area (Å²) in [6, 6.07) is 3.67. The van der Waals surface area contributed by atoms with Crippen LogP contribution >= 0.6 is 0 Å². The number of aromatic nitrogens is 3. The summed E-state index contributed by atoms with van der Waals surface area (Å²) in [5.74, 6) is 4.07. The highest BCUT2D eigenvalue weighted by Gasteiger charge is 2.62. The number of carbonyl (C=O) groups is 1. The summed E-state index contributed by atoms with van der Waals surface area (Å²) >= 11 is 0. The van der Waals surface area contributed by atoms with Crippen molar-refractivity contribution in [2.45, 2.75) is 45.6 Å². The lowest BCUT2D eigenvalue weighted by molar-refractivity contribution is 0.0949. The van der Waals surface area contributed by atoms with Crippen molar-refractivity contribution in [3.63, 3.8) is 0 Å². The van der Waals surface area contributed by atoms with Crippen molar-refractivity contribution >= 4 is 11.7 Å². The molecule has 5 rings (SSSR count). The van der Waals surface area contributed by atoms with E-state index >= 15 is 0 Å². The van der Waals surface area contributed by atoms with Crippen LogP contribution in [0.4, 0.5) is 5.82 Å². The fraction of sp³-hybridized carbons (Fsp3) is 0.545. The largest absolute Gasteiger partial charge is 0.370 e. The van der Waals surface area contributed by atoms with Crippen molar-refractivity contribution < 1.29 is 9.32 Å². The van der Waals surface area contributed by atoms with Gasteiger partial charge in [-0.15, -0.1) is 0 Å². The first-order valence-electron chi connectivity index (χ1n) is 10.5. The van der Waals surface area contributed by atoms with Crippen LogP contribution in [0.5, 0.6) is 0 Å². The summed E-state index contributed by atoms with van der Waals surface area (Å²) in [7, 11) is 0. The number of nitrogens with zero attached hydrogens (tertiary/aromatic N) is 3. The predicted octanol–water partition coefficient (Wildman–Crippen LogP) is 3.53. The molecule has 0 radical (unpaired) electrons. The first-order chi connectivity index (χ1) is 14.0. The maximum atomic E-state index is 12.3. The first kappa shape index (κ1) is 18.3. The Hall–Kier alpha value is -2.70. The van der Waals surface area contributed by atoms with Crippen LogP contribution in [0.1, 0.15) is 61.1 Å². The number of allylic oxidation sites excluding steroid dienone is 2. The summed E-state index contributed by atoms with van der Waals surface area (Å²) in [6.45, 7) is 5.14. The third kappa shape index (κ3) is 3.32. The standard InChI is InChI=1S/C22H27N5O2/c1-13(2)21-26-19(27-29-21)12-25-20(28)14-3-6-18(23-10-14)24-11-15-9-16-4-5-17(15)22(16)7-8-22/h3-6,10,13,15-17H,7-9,11-12H2,1-2H3,(H,23,24)(H,25,28)/t15-,16-,17-/m0/s1. The normalized spacial score (nSPS) is 25.7. The lowest BCUT2D eigenvalue weighted by Crippen LogP contribution is -2.24. The summed E-state index contributed by atoms with van der Waals surface area (Å²) in [4.78, 5) is 21.0. The molecule has 7 nitrogen and oxygen atoms in total. The second-order valence-corrected chi connectivity index (χ2v) is 8.95. The van der Waals surface area contributed by atoms with Crippen LogP contribution in [0, 0.1) is 23.2 Å². The molecule has 2 heterocycles. The lowest BCUT2D eigenvalue weighted by atomic mass is 9.89. The lowest BCUT2D eigenvalue weighted by Gasteiger charge is -2.20. The summed E-state index contributed by atoms with van der Waals surface area (Å²) in [5.41, 5.74) is 1.14. The molecule has 0 unspecified atom stereocenters. The van der Waals surface area contributed by atoms with Gasteiger partial charge in [0.05, 0.1) is 12.1 Å². The van der Waals surface area contributed by atoms with E-state index in [0.29, 0.717) is 28.6 Å². The van der Waals surface area contributed by atoms with E-state index < -0.39 is 0 Å². The van der Waals surface area contributed by atoms with Crippen LogP contribution in [-0.4, -0.2) is 27.6 Å². The average Bonchev–Trinajstić information content (AvgIpc) is 3.13. The molecule has 2 fully saturated rings. The SMILES string of the molecule is CC(C)c1nc(CNC(=O)c2ccc(NC[C@@H]3C[C@@H]4C=C[C@@H]3C43CC3)nc2)no1. The van der Waals surface area contributed by atoms with Crippen molar-refractivity contribution in [1.82, 2.24) is 20.4 Å². The number of hydrogen-bond donors (Lipinski definition) is 2. The molecule has 1 amide bonds. The number of pyridine rings is 1. The highest BCUT2D eigenvalue weighted by atomic mass is 16.5. The van der Waals surface area contributed by atoms with Gasteiger partial charge in [0.2, 0.25) is 5.89 Å². The zero-order chi connectivity index (χ0) is 20.0. The quantitative estimate of drug-likeness (QED) is 0.699. The van der Waals surface area contributed by atoms with E-state index in [2.05, 4.69) is 37.9 Å². The van der Waals surface area contributed by atoms with Gasteiger partial charge in [0.25, 0.3) is 5.91 Å². The van der Waals surface area contributed by atoms with E-state index in [0.717, 1.165) is 24.2 Å². The van der Waals surface area contributed by atoms with Crippen LogP contribution < -0.4 is 10.6 Å². The predicted molar refractivity (Wildman–Crippen MR) is 108 cm³/mol. The molecule has 1 spiro atoms. The van der Waals surface area contributed by atoms with E-state index in [9.17, 15) is 4.79 Å². The molecule has 2 bridgehead atoms. The molecule has 0 aliphatic heterocycles. The van der Waals surface area contributed by atoms with E-state index in [1.165, 1.54) is 19.3 Å². The highest BCUT2D eigenvalue weighted by molar-refractivity contribution is 5.93. The number of hydrogen-bond acceptors (Lipinski definition) is 6. The monoisotopic (exact) mass is 393 g/mol. The van der Waals surface area contributed by atoms with E-state index in [-0.39, 0.29) is 18.4 Å². The van der Waals surface area contributed by atoms with E-state index in [1.807, 2.05) is 19.9 Å². The second kappa shape index (κ2) is 6.97. The third-order valence-corrected chi connectivity index (χ3v) is 6.80. The molecule has 7 heteroatoms. The number of carbonyl (C=O) groups excluding carboxylic acids is 1. The minimum atomic E-state index is -0.200. The zero-order valence-electron chi connectivity index (χ0n) is 16.9. The Morgan fingerprint density at radius 1 is 1.31 bits per heavy atom. The number of anilines is 1. The first-order valence-corrected chi connectivity index (χ1v) is 10.5. The minimum Gasteiger partial charge on any atom is -0.370 e. The van der Waals surface area contributed by atoms with Gasteiger partial charge in [0.1, 0.15) is 5.82 Å². The van der Waals surface area contributed by atoms with Crippen molar-refractivity contribution in [1.29, 1.82) is 0 Å². The van der Waals surface area contributed by atoms with Crippen molar-refractivity contribution in [3.05, 3.63) is 47.8 Å². The molecule has 3 atom stereocenters. The van der Waals surface area contributed by atoms with E-state index in [4.69, 9.17) is 4.52 Å². The molecule has 3 aliphatic rings. The molecule has 0 saturated heterocycles. The topological polar surface area (TPSA) is 92.9 Å². The van der Waals surface area contributed by atoms with E-state index in [1.54, 1.807) is 12.3 Å². The van der Waals surface area contributed by atoms with Crippen molar-refractivity contribution in [2.24, 2.45) is 23.2 Å². The van der Waals surface area contributed by atoms with Gasteiger partial charge in [-0.25, -0.2) is 4.98 Å². The Labute approximate surface area is 170 Å². The van der Waals surface area contributed by atoms with Gasteiger partial charge in [0, 0.05) is 18.7 Å².